The lowest BCUT2D eigenvalue weighted by Gasteiger charge is -1.83. The number of rotatable bonds is 1. The maximum Gasteiger partial charge on any atom is 0.184 e. The zero-order chi connectivity index (χ0) is 7.68. The molecule has 0 bridgehead atoms. The summed E-state index contributed by atoms with van der Waals surface area (Å²) in [6.45, 7) is 1.88. The van der Waals surface area contributed by atoms with Crippen molar-refractivity contribution in [1.29, 1.82) is 0 Å². The normalized spacial score (nSPS) is 10.3. The number of aromatic amines is 1. The van der Waals surface area contributed by atoms with E-state index in [1.165, 1.54) is 0 Å². The molecular formula is C7H7N3O. The van der Waals surface area contributed by atoms with E-state index >= 15 is 0 Å². The van der Waals surface area contributed by atoms with Gasteiger partial charge in [-0.15, -0.1) is 0 Å². The lowest BCUT2D eigenvalue weighted by molar-refractivity contribution is 0.426. The molecule has 0 fully saturated rings. The van der Waals surface area contributed by atoms with Gasteiger partial charge in [0.15, 0.2) is 5.76 Å². The van der Waals surface area contributed by atoms with Crippen LogP contribution in [0, 0.1) is 6.92 Å². The molecule has 0 radical (unpaired) electrons. The highest BCUT2D eigenvalue weighted by atomic mass is 16.5. The molecule has 2 rings (SSSR count). The zero-order valence-electron chi connectivity index (χ0n) is 6.03. The maximum absolute atomic E-state index is 4.99. The number of hydrogen-bond donors (Lipinski definition) is 1. The minimum atomic E-state index is 0.722. The molecule has 2 aromatic rings. The number of aromatic nitrogens is 3. The molecule has 0 aliphatic carbocycles. The van der Waals surface area contributed by atoms with Crippen LogP contribution in [-0.4, -0.2) is 15.1 Å². The standard InChI is InChI=1S/C7H7N3O/c1-5-2-7(11-10-5)6-3-8-4-9-6/h2-4H,1H3,(H,8,9). The van der Waals surface area contributed by atoms with Crippen LogP contribution < -0.4 is 0 Å². The second-order valence-electron chi connectivity index (χ2n) is 2.30. The van der Waals surface area contributed by atoms with Crippen molar-refractivity contribution in [3.05, 3.63) is 24.3 Å². The van der Waals surface area contributed by atoms with Crippen molar-refractivity contribution in [3.63, 3.8) is 0 Å². The van der Waals surface area contributed by atoms with Crippen LogP contribution in [0.5, 0.6) is 0 Å². The van der Waals surface area contributed by atoms with E-state index in [1.807, 2.05) is 13.0 Å². The van der Waals surface area contributed by atoms with Crippen molar-refractivity contribution in [2.75, 3.05) is 0 Å². The number of nitrogens with zero attached hydrogens (tertiary/aromatic N) is 2. The van der Waals surface area contributed by atoms with E-state index in [2.05, 4.69) is 15.1 Å². The van der Waals surface area contributed by atoms with Gasteiger partial charge in [-0.2, -0.15) is 0 Å². The first kappa shape index (κ1) is 6.15. The third-order valence-electron chi connectivity index (χ3n) is 1.39. The number of nitrogens with one attached hydrogen (secondary N) is 1. The van der Waals surface area contributed by atoms with Crippen molar-refractivity contribution in [2.24, 2.45) is 0 Å². The molecule has 11 heavy (non-hydrogen) atoms. The average molecular weight is 149 g/mol. The van der Waals surface area contributed by atoms with Gasteiger partial charge >= 0.3 is 0 Å². The van der Waals surface area contributed by atoms with E-state index in [4.69, 9.17) is 4.52 Å². The van der Waals surface area contributed by atoms with E-state index in [0.29, 0.717) is 0 Å². The van der Waals surface area contributed by atoms with Gasteiger partial charge in [0.2, 0.25) is 0 Å². The van der Waals surface area contributed by atoms with E-state index < -0.39 is 0 Å². The molecule has 0 aliphatic rings. The van der Waals surface area contributed by atoms with Crippen LogP contribution in [-0.2, 0) is 0 Å². The molecule has 0 aliphatic heterocycles. The fourth-order valence-corrected chi connectivity index (χ4v) is 0.881. The summed E-state index contributed by atoms with van der Waals surface area (Å²) in [5.41, 5.74) is 1.72. The summed E-state index contributed by atoms with van der Waals surface area (Å²) in [6, 6.07) is 1.85. The lowest BCUT2D eigenvalue weighted by Crippen LogP contribution is -1.69. The summed E-state index contributed by atoms with van der Waals surface area (Å²) in [4.78, 5) is 6.79. The van der Waals surface area contributed by atoms with Crippen LogP contribution in [0.3, 0.4) is 0 Å². The zero-order valence-corrected chi connectivity index (χ0v) is 6.03. The molecule has 2 aromatic heterocycles. The first-order chi connectivity index (χ1) is 5.36. The molecule has 0 saturated heterocycles. The minimum Gasteiger partial charge on any atom is -0.354 e. The summed E-state index contributed by atoms with van der Waals surface area (Å²) in [7, 11) is 0. The van der Waals surface area contributed by atoms with Gasteiger partial charge in [0.05, 0.1) is 18.2 Å². The summed E-state index contributed by atoms with van der Waals surface area (Å²) in [6.07, 6.45) is 3.30. The van der Waals surface area contributed by atoms with Crippen molar-refractivity contribution in [1.82, 2.24) is 15.1 Å². The second-order valence-corrected chi connectivity index (χ2v) is 2.30. The van der Waals surface area contributed by atoms with E-state index in [1.54, 1.807) is 12.5 Å². The fraction of sp³-hybridized carbons (Fsp3) is 0.143. The third-order valence-corrected chi connectivity index (χ3v) is 1.39. The van der Waals surface area contributed by atoms with Crippen molar-refractivity contribution < 1.29 is 4.52 Å². The Labute approximate surface area is 63.2 Å². The predicted octanol–water partition coefficient (Wildman–Crippen LogP) is 1.37. The quantitative estimate of drug-likeness (QED) is 0.666. The second kappa shape index (κ2) is 2.23. The number of H-pyrrole nitrogens is 1. The molecule has 56 valence electrons. The SMILES string of the molecule is Cc1cc(-c2cnc[nH]2)on1. The summed E-state index contributed by atoms with van der Waals surface area (Å²) in [5.74, 6) is 0.722. The highest BCUT2D eigenvalue weighted by Gasteiger charge is 2.03. The van der Waals surface area contributed by atoms with Gasteiger partial charge < -0.3 is 9.51 Å². The maximum atomic E-state index is 4.99. The largest absolute Gasteiger partial charge is 0.354 e. The Balaban J connectivity index is 2.45. The molecule has 0 amide bonds. The fourth-order valence-electron chi connectivity index (χ4n) is 0.881. The van der Waals surface area contributed by atoms with E-state index in [-0.39, 0.29) is 0 Å². The van der Waals surface area contributed by atoms with Gasteiger partial charge in [-0.3, -0.25) is 0 Å². The van der Waals surface area contributed by atoms with Crippen LogP contribution in [0.1, 0.15) is 5.69 Å². The molecule has 0 saturated carbocycles. The van der Waals surface area contributed by atoms with Gasteiger partial charge in [-0.25, -0.2) is 4.98 Å². The average Bonchev–Trinajstić information content (AvgIpc) is 2.55. The molecule has 0 unspecified atom stereocenters. The van der Waals surface area contributed by atoms with E-state index in [9.17, 15) is 0 Å². The smallest absolute Gasteiger partial charge is 0.184 e. The summed E-state index contributed by atoms with van der Waals surface area (Å²) < 4.78 is 4.99. The monoisotopic (exact) mass is 149 g/mol. The highest BCUT2D eigenvalue weighted by molar-refractivity contribution is 5.49. The Kier molecular flexibility index (Phi) is 1.25. The number of imidazole rings is 1. The lowest BCUT2D eigenvalue weighted by atomic mass is 10.3. The Morgan fingerprint density at radius 2 is 2.45 bits per heavy atom. The van der Waals surface area contributed by atoms with Crippen molar-refractivity contribution in [3.8, 4) is 11.5 Å². The Morgan fingerprint density at radius 1 is 1.55 bits per heavy atom. The number of hydrogen-bond acceptors (Lipinski definition) is 3. The summed E-state index contributed by atoms with van der Waals surface area (Å²) >= 11 is 0. The van der Waals surface area contributed by atoms with Gasteiger partial charge in [-0.1, -0.05) is 5.16 Å². The van der Waals surface area contributed by atoms with Gasteiger partial charge in [0, 0.05) is 6.07 Å². The Hall–Kier alpha value is -1.58. The topological polar surface area (TPSA) is 54.7 Å². The van der Waals surface area contributed by atoms with Crippen LogP contribution >= 0.6 is 0 Å². The Morgan fingerprint density at radius 3 is 3.00 bits per heavy atom. The van der Waals surface area contributed by atoms with Gasteiger partial charge in [0.1, 0.15) is 5.69 Å². The number of aryl methyl sites for hydroxylation is 1. The van der Waals surface area contributed by atoms with Crippen molar-refractivity contribution in [2.45, 2.75) is 6.92 Å². The Bertz CT molecular complexity index is 336. The highest BCUT2D eigenvalue weighted by Crippen LogP contribution is 2.15. The predicted molar refractivity (Wildman–Crippen MR) is 38.8 cm³/mol. The van der Waals surface area contributed by atoms with Crippen LogP contribution in [0.15, 0.2) is 23.1 Å². The molecule has 4 nitrogen and oxygen atoms in total. The first-order valence-corrected chi connectivity index (χ1v) is 3.28. The molecule has 4 heteroatoms. The molecule has 1 N–H and O–H groups in total. The molecule has 0 spiro atoms. The molecule has 0 aromatic carbocycles. The third kappa shape index (κ3) is 1.02. The van der Waals surface area contributed by atoms with Gasteiger partial charge in [-0.05, 0) is 6.92 Å². The van der Waals surface area contributed by atoms with Gasteiger partial charge in [0.25, 0.3) is 0 Å². The van der Waals surface area contributed by atoms with Crippen LogP contribution in [0.25, 0.3) is 11.5 Å². The van der Waals surface area contributed by atoms with Crippen LogP contribution in [0.2, 0.25) is 0 Å². The van der Waals surface area contributed by atoms with Crippen molar-refractivity contribution >= 4 is 0 Å². The minimum absolute atomic E-state index is 0.722. The van der Waals surface area contributed by atoms with Crippen LogP contribution in [0.4, 0.5) is 0 Å². The van der Waals surface area contributed by atoms with E-state index in [0.717, 1.165) is 17.1 Å². The molecule has 2 heterocycles. The summed E-state index contributed by atoms with van der Waals surface area (Å²) in [5, 5.41) is 3.75. The first-order valence-electron chi connectivity index (χ1n) is 3.28. The molecule has 0 atom stereocenters. The molecular weight excluding hydrogens is 142 g/mol.